The molecule has 4 rings (SSSR count). The molecule has 24 heavy (non-hydrogen) atoms. The predicted octanol–water partition coefficient (Wildman–Crippen LogP) is 2.14. The highest BCUT2D eigenvalue weighted by atomic mass is 16.4. The van der Waals surface area contributed by atoms with Crippen LogP contribution in [0.25, 0.3) is 22.0 Å². The van der Waals surface area contributed by atoms with E-state index in [0.29, 0.717) is 17.5 Å². The molecule has 0 saturated heterocycles. The van der Waals surface area contributed by atoms with Crippen molar-refractivity contribution in [2.45, 2.75) is 13.5 Å². The highest BCUT2D eigenvalue weighted by Crippen LogP contribution is 2.17. The van der Waals surface area contributed by atoms with Crippen molar-refractivity contribution in [3.63, 3.8) is 0 Å². The Labute approximate surface area is 137 Å². The van der Waals surface area contributed by atoms with E-state index in [2.05, 4.69) is 0 Å². The first-order chi connectivity index (χ1) is 11.5. The summed E-state index contributed by atoms with van der Waals surface area (Å²) >= 11 is 0. The summed E-state index contributed by atoms with van der Waals surface area (Å²) in [6, 6.07) is 11.4. The highest BCUT2D eigenvalue weighted by molar-refractivity contribution is 5.79. The van der Waals surface area contributed by atoms with Crippen molar-refractivity contribution in [2.75, 3.05) is 0 Å². The molecule has 0 spiro atoms. The summed E-state index contributed by atoms with van der Waals surface area (Å²) < 4.78 is 10.2. The third-order valence-electron chi connectivity index (χ3n) is 4.52. The fourth-order valence-corrected chi connectivity index (χ4v) is 3.12. The Morgan fingerprint density at radius 2 is 1.79 bits per heavy atom. The van der Waals surface area contributed by atoms with Crippen molar-refractivity contribution >= 4 is 22.0 Å². The van der Waals surface area contributed by atoms with Crippen LogP contribution in [0.4, 0.5) is 0 Å². The largest absolute Gasteiger partial charge is 0.419 e. The summed E-state index contributed by atoms with van der Waals surface area (Å²) in [7, 11) is 3.55. The van der Waals surface area contributed by atoms with E-state index in [1.165, 1.54) is 4.57 Å². The molecule has 0 N–H and O–H groups in total. The Morgan fingerprint density at radius 3 is 2.58 bits per heavy atom. The molecule has 0 aliphatic rings. The summed E-state index contributed by atoms with van der Waals surface area (Å²) in [5, 5.41) is 0.708. The lowest BCUT2D eigenvalue weighted by Crippen LogP contribution is -2.22. The Balaban J connectivity index is 1.86. The lowest BCUT2D eigenvalue weighted by molar-refractivity contribution is 0.528. The van der Waals surface area contributed by atoms with Crippen molar-refractivity contribution in [1.82, 2.24) is 13.9 Å². The van der Waals surface area contributed by atoms with Crippen LogP contribution in [-0.2, 0) is 20.6 Å². The van der Waals surface area contributed by atoms with Crippen molar-refractivity contribution in [1.29, 1.82) is 0 Å². The number of hydrogen-bond acceptors (Lipinski definition) is 3. The van der Waals surface area contributed by atoms with E-state index in [0.717, 1.165) is 22.2 Å². The van der Waals surface area contributed by atoms with E-state index in [9.17, 15) is 9.59 Å². The average Bonchev–Trinajstić information content (AvgIpc) is 2.97. The third kappa shape index (κ3) is 2.03. The first kappa shape index (κ1) is 14.6. The molecule has 2 heterocycles. The van der Waals surface area contributed by atoms with Gasteiger partial charge in [0.2, 0.25) is 0 Å². The van der Waals surface area contributed by atoms with Crippen molar-refractivity contribution in [2.24, 2.45) is 14.1 Å². The molecular formula is C18H17N3O3. The molecule has 6 heteroatoms. The summed E-state index contributed by atoms with van der Waals surface area (Å²) in [6.07, 6.45) is 0. The molecule has 4 aromatic rings. The Morgan fingerprint density at radius 1 is 1.00 bits per heavy atom. The maximum absolute atomic E-state index is 12.7. The molecule has 0 fully saturated rings. The van der Waals surface area contributed by atoms with Gasteiger partial charge in [-0.25, -0.2) is 9.48 Å². The summed E-state index contributed by atoms with van der Waals surface area (Å²) in [4.78, 5) is 24.3. The first-order valence-corrected chi connectivity index (χ1v) is 7.70. The maximum atomic E-state index is 12.7. The molecule has 0 atom stereocenters. The van der Waals surface area contributed by atoms with Gasteiger partial charge >= 0.3 is 5.76 Å². The molecule has 0 unspecified atom stereocenters. The van der Waals surface area contributed by atoms with E-state index >= 15 is 0 Å². The van der Waals surface area contributed by atoms with Crippen LogP contribution in [0.5, 0.6) is 0 Å². The number of aromatic nitrogens is 3. The fourth-order valence-electron chi connectivity index (χ4n) is 3.12. The molecule has 0 aliphatic heterocycles. The standard InChI is InChI=1S/C18H17N3O3/c1-11-4-6-13-14(8-11)20(3)21(17(13)22)10-12-5-7-16-15(9-12)19(2)18(23)24-16/h4-9H,10H2,1-3H3. The number of nitrogens with zero attached hydrogens (tertiary/aromatic N) is 3. The van der Waals surface area contributed by atoms with Crippen LogP contribution in [0.15, 0.2) is 50.4 Å². The van der Waals surface area contributed by atoms with E-state index in [4.69, 9.17) is 4.42 Å². The van der Waals surface area contributed by atoms with Gasteiger partial charge in [-0.2, -0.15) is 0 Å². The molecule has 0 radical (unpaired) electrons. The van der Waals surface area contributed by atoms with Crippen molar-refractivity contribution < 1.29 is 4.42 Å². The number of benzene rings is 2. The van der Waals surface area contributed by atoms with Gasteiger partial charge in [-0.3, -0.25) is 14.0 Å². The second-order valence-electron chi connectivity index (χ2n) is 6.14. The summed E-state index contributed by atoms with van der Waals surface area (Å²) in [5.41, 5.74) is 4.21. The Kier molecular flexibility index (Phi) is 3.03. The molecule has 2 aromatic heterocycles. The monoisotopic (exact) mass is 323 g/mol. The van der Waals surface area contributed by atoms with Crippen LogP contribution in [0, 0.1) is 6.92 Å². The quantitative estimate of drug-likeness (QED) is 0.568. The zero-order chi connectivity index (χ0) is 17.0. The fraction of sp³-hybridized carbons (Fsp3) is 0.222. The normalized spacial score (nSPS) is 11.6. The van der Waals surface area contributed by atoms with E-state index < -0.39 is 0 Å². The van der Waals surface area contributed by atoms with Crippen LogP contribution in [-0.4, -0.2) is 13.9 Å². The van der Waals surface area contributed by atoms with Gasteiger partial charge in [-0.15, -0.1) is 0 Å². The van der Waals surface area contributed by atoms with Gasteiger partial charge in [0.1, 0.15) is 0 Å². The molecule has 2 aromatic carbocycles. The molecule has 0 aliphatic carbocycles. The number of fused-ring (bicyclic) bond motifs is 2. The minimum atomic E-state index is -0.389. The minimum absolute atomic E-state index is 0.0197. The summed E-state index contributed by atoms with van der Waals surface area (Å²) in [5.74, 6) is -0.389. The SMILES string of the molecule is Cc1ccc2c(=O)n(Cc3ccc4oc(=O)n(C)c4c3)n(C)c2c1. The van der Waals surface area contributed by atoms with Crippen LogP contribution in [0.1, 0.15) is 11.1 Å². The average molecular weight is 323 g/mol. The van der Waals surface area contributed by atoms with Gasteiger partial charge < -0.3 is 4.42 Å². The highest BCUT2D eigenvalue weighted by Gasteiger charge is 2.12. The predicted molar refractivity (Wildman–Crippen MR) is 92.5 cm³/mol. The zero-order valence-corrected chi connectivity index (χ0v) is 13.7. The maximum Gasteiger partial charge on any atom is 0.419 e. The molecule has 6 nitrogen and oxygen atoms in total. The molecular weight excluding hydrogens is 306 g/mol. The molecule has 122 valence electrons. The van der Waals surface area contributed by atoms with E-state index in [-0.39, 0.29) is 11.3 Å². The minimum Gasteiger partial charge on any atom is -0.408 e. The Hall–Kier alpha value is -3.02. The van der Waals surface area contributed by atoms with E-state index in [1.54, 1.807) is 17.8 Å². The zero-order valence-electron chi connectivity index (χ0n) is 13.7. The van der Waals surface area contributed by atoms with Crippen LogP contribution in [0.2, 0.25) is 0 Å². The topological polar surface area (TPSA) is 62.1 Å². The van der Waals surface area contributed by atoms with Crippen LogP contribution >= 0.6 is 0 Å². The second kappa shape index (κ2) is 4.99. The molecule has 0 bridgehead atoms. The van der Waals surface area contributed by atoms with Gasteiger partial charge in [0.25, 0.3) is 5.56 Å². The smallest absolute Gasteiger partial charge is 0.408 e. The van der Waals surface area contributed by atoms with Crippen molar-refractivity contribution in [3.8, 4) is 0 Å². The van der Waals surface area contributed by atoms with Crippen LogP contribution in [0.3, 0.4) is 0 Å². The number of rotatable bonds is 2. The van der Waals surface area contributed by atoms with Crippen molar-refractivity contribution in [3.05, 3.63) is 68.4 Å². The molecule has 0 amide bonds. The third-order valence-corrected chi connectivity index (χ3v) is 4.52. The second-order valence-corrected chi connectivity index (χ2v) is 6.14. The Bertz CT molecular complexity index is 1200. The number of hydrogen-bond donors (Lipinski definition) is 0. The van der Waals surface area contributed by atoms with Gasteiger partial charge in [-0.1, -0.05) is 12.1 Å². The lowest BCUT2D eigenvalue weighted by Gasteiger charge is -2.08. The van der Waals surface area contributed by atoms with Gasteiger partial charge in [0.15, 0.2) is 5.58 Å². The number of oxazole rings is 1. The van der Waals surface area contributed by atoms with Gasteiger partial charge in [0.05, 0.1) is 23.0 Å². The number of aryl methyl sites for hydroxylation is 3. The van der Waals surface area contributed by atoms with Gasteiger partial charge in [-0.05, 0) is 42.3 Å². The first-order valence-electron chi connectivity index (χ1n) is 7.70. The summed E-state index contributed by atoms with van der Waals surface area (Å²) in [6.45, 7) is 2.44. The van der Waals surface area contributed by atoms with Crippen LogP contribution < -0.4 is 11.3 Å². The van der Waals surface area contributed by atoms with E-state index in [1.807, 2.05) is 49.0 Å². The van der Waals surface area contributed by atoms with Gasteiger partial charge in [0, 0.05) is 14.1 Å². The lowest BCUT2D eigenvalue weighted by atomic mass is 10.2. The molecule has 0 saturated carbocycles.